The van der Waals surface area contributed by atoms with Crippen LogP contribution in [0.4, 0.5) is 0 Å². The molecular formula is C13H22N2O4. The Bertz CT molecular complexity index is 365. The van der Waals surface area contributed by atoms with Crippen molar-refractivity contribution in [1.29, 1.82) is 0 Å². The topological polar surface area (TPSA) is 72.6 Å². The van der Waals surface area contributed by atoms with Crippen molar-refractivity contribution in [2.24, 2.45) is 0 Å². The van der Waals surface area contributed by atoms with Crippen LogP contribution in [-0.2, 0) is 20.8 Å². The van der Waals surface area contributed by atoms with Crippen molar-refractivity contribution in [2.45, 2.75) is 13.0 Å². The lowest BCUT2D eigenvalue weighted by Gasteiger charge is -2.05. The van der Waals surface area contributed by atoms with E-state index < -0.39 is 0 Å². The average molecular weight is 270 g/mol. The molecule has 0 saturated heterocycles. The molecule has 0 aliphatic rings. The molecule has 2 N–H and O–H groups in total. The third kappa shape index (κ3) is 6.37. The van der Waals surface area contributed by atoms with Gasteiger partial charge in [-0.3, -0.25) is 0 Å². The van der Waals surface area contributed by atoms with Crippen LogP contribution in [0.3, 0.4) is 0 Å². The average Bonchev–Trinajstić information content (AvgIpc) is 2.89. The molecule has 19 heavy (non-hydrogen) atoms. The van der Waals surface area contributed by atoms with Crippen LogP contribution in [0.1, 0.15) is 22.6 Å². The van der Waals surface area contributed by atoms with E-state index in [0.717, 1.165) is 18.7 Å². The molecule has 0 amide bonds. The number of ether oxygens (including phenoxy) is 3. The summed E-state index contributed by atoms with van der Waals surface area (Å²) in [5.74, 6) is -0.349. The smallest absolute Gasteiger partial charge is 0.354 e. The molecule has 1 heterocycles. The quantitative estimate of drug-likeness (QED) is 0.489. The van der Waals surface area contributed by atoms with E-state index in [2.05, 4.69) is 15.0 Å². The van der Waals surface area contributed by atoms with Gasteiger partial charge in [-0.05, 0) is 25.1 Å². The van der Waals surface area contributed by atoms with Crippen LogP contribution < -0.4 is 5.32 Å². The summed E-state index contributed by atoms with van der Waals surface area (Å²) in [5.41, 5.74) is 1.43. The van der Waals surface area contributed by atoms with E-state index in [4.69, 9.17) is 9.47 Å². The first-order valence-corrected chi connectivity index (χ1v) is 6.31. The molecular weight excluding hydrogens is 248 g/mol. The highest BCUT2D eigenvalue weighted by Gasteiger charge is 2.07. The second-order valence-electron chi connectivity index (χ2n) is 4.02. The molecule has 1 aromatic heterocycles. The van der Waals surface area contributed by atoms with E-state index >= 15 is 0 Å². The third-order valence-electron chi connectivity index (χ3n) is 2.54. The number of nitrogens with one attached hydrogen (secondary N) is 2. The van der Waals surface area contributed by atoms with Gasteiger partial charge in [-0.25, -0.2) is 4.79 Å². The zero-order chi connectivity index (χ0) is 13.9. The van der Waals surface area contributed by atoms with Gasteiger partial charge >= 0.3 is 5.97 Å². The molecule has 1 aromatic rings. The van der Waals surface area contributed by atoms with Crippen molar-refractivity contribution in [2.75, 3.05) is 40.6 Å². The Morgan fingerprint density at radius 3 is 2.84 bits per heavy atom. The van der Waals surface area contributed by atoms with Crippen molar-refractivity contribution in [3.8, 4) is 0 Å². The molecule has 0 radical (unpaired) electrons. The summed E-state index contributed by atoms with van der Waals surface area (Å²) in [6.07, 6.45) is 0.939. The zero-order valence-electron chi connectivity index (χ0n) is 11.5. The highest BCUT2D eigenvalue weighted by atomic mass is 16.5. The summed E-state index contributed by atoms with van der Waals surface area (Å²) in [4.78, 5) is 14.2. The molecule has 0 fully saturated rings. The summed E-state index contributed by atoms with van der Waals surface area (Å²) >= 11 is 0. The molecule has 0 saturated carbocycles. The van der Waals surface area contributed by atoms with Gasteiger partial charge in [0, 0.05) is 26.0 Å². The predicted octanol–water partition coefficient (Wildman–Crippen LogP) is 0.944. The maximum atomic E-state index is 11.2. The molecule has 6 nitrogen and oxygen atoms in total. The minimum Gasteiger partial charge on any atom is -0.464 e. The normalized spacial score (nSPS) is 10.6. The van der Waals surface area contributed by atoms with Crippen molar-refractivity contribution < 1.29 is 19.0 Å². The van der Waals surface area contributed by atoms with Crippen LogP contribution in [0, 0.1) is 0 Å². The number of aromatic nitrogens is 1. The summed E-state index contributed by atoms with van der Waals surface area (Å²) in [7, 11) is 3.02. The standard InChI is InChI=1S/C13H22N2O4/c1-17-8-9-19-7-3-6-14-10-11-4-5-12(15-11)13(16)18-2/h4-5,14-15H,3,6-10H2,1-2H3. The lowest BCUT2D eigenvalue weighted by molar-refractivity contribution is 0.0594. The number of hydrogen-bond acceptors (Lipinski definition) is 5. The van der Waals surface area contributed by atoms with Crippen LogP contribution in [0.25, 0.3) is 0 Å². The van der Waals surface area contributed by atoms with E-state index in [9.17, 15) is 4.79 Å². The first-order valence-electron chi connectivity index (χ1n) is 6.31. The van der Waals surface area contributed by atoms with Gasteiger partial charge in [0.2, 0.25) is 0 Å². The van der Waals surface area contributed by atoms with Gasteiger partial charge < -0.3 is 24.5 Å². The second-order valence-corrected chi connectivity index (χ2v) is 4.02. The second kappa shape index (κ2) is 9.55. The Morgan fingerprint density at radius 1 is 1.26 bits per heavy atom. The molecule has 0 unspecified atom stereocenters. The number of carbonyl (C=O) groups is 1. The van der Waals surface area contributed by atoms with Gasteiger partial charge in [0.25, 0.3) is 0 Å². The molecule has 6 heteroatoms. The highest BCUT2D eigenvalue weighted by molar-refractivity contribution is 5.87. The Morgan fingerprint density at radius 2 is 2.11 bits per heavy atom. The fourth-order valence-corrected chi connectivity index (χ4v) is 1.54. The van der Waals surface area contributed by atoms with Gasteiger partial charge in [0.1, 0.15) is 5.69 Å². The fraction of sp³-hybridized carbons (Fsp3) is 0.615. The van der Waals surface area contributed by atoms with Crippen molar-refractivity contribution in [3.05, 3.63) is 23.5 Å². The molecule has 1 rings (SSSR count). The molecule has 0 aromatic carbocycles. The van der Waals surface area contributed by atoms with E-state index in [-0.39, 0.29) is 5.97 Å². The Labute approximate surface area is 113 Å². The summed E-state index contributed by atoms with van der Waals surface area (Å²) in [6, 6.07) is 3.59. The molecule has 0 bridgehead atoms. The van der Waals surface area contributed by atoms with E-state index in [1.54, 1.807) is 13.2 Å². The highest BCUT2D eigenvalue weighted by Crippen LogP contribution is 2.02. The minimum absolute atomic E-state index is 0.349. The summed E-state index contributed by atoms with van der Waals surface area (Å²) in [5, 5.41) is 3.27. The van der Waals surface area contributed by atoms with E-state index in [1.165, 1.54) is 7.11 Å². The van der Waals surface area contributed by atoms with E-state index in [1.807, 2.05) is 6.07 Å². The van der Waals surface area contributed by atoms with Crippen LogP contribution in [0.15, 0.2) is 12.1 Å². The number of methoxy groups -OCH3 is 2. The fourth-order valence-electron chi connectivity index (χ4n) is 1.54. The van der Waals surface area contributed by atoms with Gasteiger partial charge in [-0.2, -0.15) is 0 Å². The number of aromatic amines is 1. The predicted molar refractivity (Wildman–Crippen MR) is 71.2 cm³/mol. The first-order chi connectivity index (χ1) is 9.27. The molecule has 0 spiro atoms. The van der Waals surface area contributed by atoms with Crippen molar-refractivity contribution in [1.82, 2.24) is 10.3 Å². The monoisotopic (exact) mass is 270 g/mol. The van der Waals surface area contributed by atoms with Crippen LogP contribution >= 0.6 is 0 Å². The largest absolute Gasteiger partial charge is 0.464 e. The maximum absolute atomic E-state index is 11.2. The summed E-state index contributed by atoms with van der Waals surface area (Å²) < 4.78 is 14.8. The van der Waals surface area contributed by atoms with Gasteiger partial charge in [0.05, 0.1) is 20.3 Å². The molecule has 0 aliphatic heterocycles. The van der Waals surface area contributed by atoms with Gasteiger partial charge in [-0.15, -0.1) is 0 Å². The first kappa shape index (κ1) is 15.7. The van der Waals surface area contributed by atoms with Crippen LogP contribution in [0.5, 0.6) is 0 Å². The number of H-pyrrole nitrogens is 1. The molecule has 108 valence electrons. The number of esters is 1. The minimum atomic E-state index is -0.349. The number of carbonyl (C=O) groups excluding carboxylic acids is 1. The Kier molecular flexibility index (Phi) is 7.88. The lowest BCUT2D eigenvalue weighted by Crippen LogP contribution is -2.17. The van der Waals surface area contributed by atoms with Crippen molar-refractivity contribution in [3.63, 3.8) is 0 Å². The Hall–Kier alpha value is -1.37. The lowest BCUT2D eigenvalue weighted by atomic mass is 10.4. The zero-order valence-corrected chi connectivity index (χ0v) is 11.5. The van der Waals surface area contributed by atoms with Crippen molar-refractivity contribution >= 4 is 5.97 Å². The number of rotatable bonds is 10. The third-order valence-corrected chi connectivity index (χ3v) is 2.54. The maximum Gasteiger partial charge on any atom is 0.354 e. The molecule has 0 atom stereocenters. The van der Waals surface area contributed by atoms with Gasteiger partial charge in [-0.1, -0.05) is 0 Å². The van der Waals surface area contributed by atoms with Gasteiger partial charge in [0.15, 0.2) is 0 Å². The SMILES string of the molecule is COCCOCCCNCc1ccc(C(=O)OC)[nH]1. The van der Waals surface area contributed by atoms with Crippen LogP contribution in [0.2, 0.25) is 0 Å². The molecule has 0 aliphatic carbocycles. The Balaban J connectivity index is 2.06. The van der Waals surface area contributed by atoms with E-state index in [0.29, 0.717) is 32.1 Å². The summed E-state index contributed by atoms with van der Waals surface area (Å²) in [6.45, 7) is 3.53. The number of hydrogen-bond donors (Lipinski definition) is 2. The van der Waals surface area contributed by atoms with Crippen LogP contribution in [-0.4, -0.2) is 51.5 Å².